The van der Waals surface area contributed by atoms with Gasteiger partial charge in [0.05, 0.1) is 6.04 Å². The zero-order chi connectivity index (χ0) is 27.7. The van der Waals surface area contributed by atoms with Crippen LogP contribution in [0.2, 0.25) is 0 Å². The summed E-state index contributed by atoms with van der Waals surface area (Å²) in [6.45, 7) is 3.99. The number of aliphatic carboxylic acids is 1. The molecule has 0 radical (unpaired) electrons. The fraction of sp³-hybridized carbons (Fsp3) is 0.773. The summed E-state index contributed by atoms with van der Waals surface area (Å²) in [6.07, 6.45) is 4.32. The van der Waals surface area contributed by atoms with Crippen LogP contribution in [-0.2, 0) is 19.2 Å². The van der Waals surface area contributed by atoms with Crippen molar-refractivity contribution in [3.63, 3.8) is 0 Å². The first-order valence-corrected chi connectivity index (χ1v) is 13.5. The van der Waals surface area contributed by atoms with E-state index in [0.29, 0.717) is 38.0 Å². The number of nitrogens with one attached hydrogen (secondary N) is 3. The van der Waals surface area contributed by atoms with Crippen molar-refractivity contribution in [3.05, 3.63) is 0 Å². The Morgan fingerprint density at radius 3 is 1.94 bits per heavy atom. The van der Waals surface area contributed by atoms with E-state index in [1.165, 1.54) is 0 Å². The number of rotatable bonds is 19. The molecule has 4 atom stereocenters. The molecule has 0 aliphatic rings. The Morgan fingerprint density at radius 2 is 1.44 bits per heavy atom. The molecule has 0 saturated heterocycles. The van der Waals surface area contributed by atoms with E-state index in [1.807, 2.05) is 6.26 Å². The molecule has 0 aliphatic carbocycles. The SMILES string of the molecule is CSCCC(N)C(=O)NC(CCCN=C(N)N)C(=O)NC(CCCCN)C(=O)NC(C(=O)O)C(C)C. The molecule has 36 heavy (non-hydrogen) atoms. The molecule has 0 saturated carbocycles. The highest BCUT2D eigenvalue weighted by atomic mass is 32.2. The highest BCUT2D eigenvalue weighted by Gasteiger charge is 2.31. The maximum atomic E-state index is 13.2. The van der Waals surface area contributed by atoms with Crippen LogP contribution < -0.4 is 38.9 Å². The van der Waals surface area contributed by atoms with Crippen molar-refractivity contribution in [2.45, 2.75) is 76.5 Å². The summed E-state index contributed by atoms with van der Waals surface area (Å²) in [7, 11) is 0. The minimum Gasteiger partial charge on any atom is -0.480 e. The third-order valence-electron chi connectivity index (χ3n) is 5.36. The van der Waals surface area contributed by atoms with Gasteiger partial charge in [0.25, 0.3) is 0 Å². The molecular formula is C22H44N8O5S. The average Bonchev–Trinajstić information content (AvgIpc) is 2.81. The van der Waals surface area contributed by atoms with Crippen molar-refractivity contribution in [2.75, 3.05) is 25.1 Å². The van der Waals surface area contributed by atoms with Crippen LogP contribution in [-0.4, -0.2) is 84.0 Å². The monoisotopic (exact) mass is 532 g/mol. The van der Waals surface area contributed by atoms with Crippen molar-refractivity contribution < 1.29 is 24.3 Å². The smallest absolute Gasteiger partial charge is 0.326 e. The van der Waals surface area contributed by atoms with E-state index in [0.717, 1.165) is 0 Å². The van der Waals surface area contributed by atoms with E-state index in [1.54, 1.807) is 25.6 Å². The van der Waals surface area contributed by atoms with Crippen LogP contribution in [0, 0.1) is 5.92 Å². The minimum atomic E-state index is -1.17. The van der Waals surface area contributed by atoms with Crippen LogP contribution in [0.3, 0.4) is 0 Å². The number of amides is 3. The van der Waals surface area contributed by atoms with Gasteiger partial charge in [0.2, 0.25) is 17.7 Å². The van der Waals surface area contributed by atoms with E-state index in [2.05, 4.69) is 20.9 Å². The number of carboxylic acid groups (broad SMARTS) is 1. The number of thioether (sulfide) groups is 1. The summed E-state index contributed by atoms with van der Waals surface area (Å²) in [5.41, 5.74) is 22.2. The van der Waals surface area contributed by atoms with E-state index < -0.39 is 47.9 Å². The molecular weight excluding hydrogens is 488 g/mol. The quantitative estimate of drug-likeness (QED) is 0.0540. The molecule has 0 bridgehead atoms. The Kier molecular flexibility index (Phi) is 17.3. The highest BCUT2D eigenvalue weighted by molar-refractivity contribution is 7.98. The second kappa shape index (κ2) is 18.7. The minimum absolute atomic E-state index is 0.0890. The van der Waals surface area contributed by atoms with Gasteiger partial charge in [-0.15, -0.1) is 0 Å². The van der Waals surface area contributed by atoms with E-state index in [4.69, 9.17) is 22.9 Å². The average molecular weight is 533 g/mol. The maximum Gasteiger partial charge on any atom is 0.326 e. The van der Waals surface area contributed by atoms with Gasteiger partial charge in [-0.25, -0.2) is 4.79 Å². The van der Waals surface area contributed by atoms with E-state index in [-0.39, 0.29) is 31.3 Å². The Labute approximate surface area is 217 Å². The van der Waals surface area contributed by atoms with Crippen molar-refractivity contribution in [1.82, 2.24) is 16.0 Å². The molecule has 14 heteroatoms. The summed E-state index contributed by atoms with van der Waals surface area (Å²) < 4.78 is 0. The number of guanidine groups is 1. The number of carbonyl (C=O) groups excluding carboxylic acids is 3. The highest BCUT2D eigenvalue weighted by Crippen LogP contribution is 2.08. The van der Waals surface area contributed by atoms with Gasteiger partial charge in [-0.05, 0) is 63.0 Å². The molecule has 12 N–H and O–H groups in total. The van der Waals surface area contributed by atoms with Gasteiger partial charge in [0, 0.05) is 6.54 Å². The van der Waals surface area contributed by atoms with Crippen molar-refractivity contribution in [3.8, 4) is 0 Å². The molecule has 13 nitrogen and oxygen atoms in total. The predicted octanol–water partition coefficient (Wildman–Crippen LogP) is -1.56. The van der Waals surface area contributed by atoms with E-state index in [9.17, 15) is 24.3 Å². The lowest BCUT2D eigenvalue weighted by molar-refractivity contribution is -0.143. The number of unbranched alkanes of at least 4 members (excludes halogenated alkanes) is 1. The molecule has 4 unspecified atom stereocenters. The molecule has 0 aromatic rings. The van der Waals surface area contributed by atoms with Crippen LogP contribution >= 0.6 is 11.8 Å². The number of hydrogen-bond donors (Lipinski definition) is 8. The van der Waals surface area contributed by atoms with Crippen LogP contribution in [0.1, 0.15) is 52.4 Å². The van der Waals surface area contributed by atoms with Gasteiger partial charge in [-0.2, -0.15) is 11.8 Å². The van der Waals surface area contributed by atoms with Gasteiger partial charge in [0.15, 0.2) is 5.96 Å². The molecule has 0 fully saturated rings. The number of carbonyl (C=O) groups is 4. The fourth-order valence-corrected chi connectivity index (χ4v) is 3.72. The third kappa shape index (κ3) is 14.1. The number of nitrogens with two attached hydrogens (primary N) is 4. The Morgan fingerprint density at radius 1 is 0.889 bits per heavy atom. The number of aliphatic imine (C=N–C) groups is 1. The number of nitrogens with zero attached hydrogens (tertiary/aromatic N) is 1. The summed E-state index contributed by atoms with van der Waals surface area (Å²) in [4.78, 5) is 54.1. The van der Waals surface area contributed by atoms with Gasteiger partial charge >= 0.3 is 5.97 Å². The van der Waals surface area contributed by atoms with Crippen LogP contribution in [0.15, 0.2) is 4.99 Å². The van der Waals surface area contributed by atoms with Gasteiger partial charge in [-0.1, -0.05) is 13.8 Å². The lowest BCUT2D eigenvalue weighted by Crippen LogP contribution is -2.57. The van der Waals surface area contributed by atoms with Gasteiger partial charge < -0.3 is 44.0 Å². The second-order valence-electron chi connectivity index (χ2n) is 8.81. The van der Waals surface area contributed by atoms with Gasteiger partial charge in [-0.3, -0.25) is 19.4 Å². The van der Waals surface area contributed by atoms with Crippen molar-refractivity contribution in [1.29, 1.82) is 0 Å². The molecule has 3 amide bonds. The topological polar surface area (TPSA) is 241 Å². The summed E-state index contributed by atoms with van der Waals surface area (Å²) >= 11 is 1.55. The molecule has 0 aromatic carbocycles. The zero-order valence-corrected chi connectivity index (χ0v) is 22.3. The van der Waals surface area contributed by atoms with Gasteiger partial charge in [0.1, 0.15) is 18.1 Å². The zero-order valence-electron chi connectivity index (χ0n) is 21.5. The Bertz CT molecular complexity index is 733. The largest absolute Gasteiger partial charge is 0.480 e. The summed E-state index contributed by atoms with van der Waals surface area (Å²) in [6, 6.07) is -3.91. The molecule has 0 heterocycles. The van der Waals surface area contributed by atoms with Crippen LogP contribution in [0.4, 0.5) is 0 Å². The summed E-state index contributed by atoms with van der Waals surface area (Å²) in [5, 5.41) is 17.2. The first-order valence-electron chi connectivity index (χ1n) is 12.1. The first kappa shape index (κ1) is 33.4. The van der Waals surface area contributed by atoms with E-state index >= 15 is 0 Å². The summed E-state index contributed by atoms with van der Waals surface area (Å²) in [5.74, 6) is -2.64. The molecule has 0 rings (SSSR count). The standard InChI is InChI=1S/C22H44N8O5S/c1-13(2)17(21(34)35)30-20(33)15(7-4-5-10-23)29-19(32)16(8-6-11-27-22(25)26)28-18(31)14(24)9-12-36-3/h13-17H,4-12,23-24H2,1-3H3,(H,28,31)(H,29,32)(H,30,33)(H,34,35)(H4,25,26,27). The molecule has 0 spiro atoms. The second-order valence-corrected chi connectivity index (χ2v) is 9.80. The Balaban J connectivity index is 5.58. The Hall–Kier alpha value is -2.58. The van der Waals surface area contributed by atoms with Crippen LogP contribution in [0.25, 0.3) is 0 Å². The number of hydrogen-bond acceptors (Lipinski definition) is 8. The third-order valence-corrected chi connectivity index (χ3v) is 6.00. The van der Waals surface area contributed by atoms with Crippen LogP contribution in [0.5, 0.6) is 0 Å². The molecule has 0 aromatic heterocycles. The maximum absolute atomic E-state index is 13.2. The first-order chi connectivity index (χ1) is 16.9. The van der Waals surface area contributed by atoms with Crippen molar-refractivity contribution in [2.24, 2.45) is 33.8 Å². The fourth-order valence-electron chi connectivity index (χ4n) is 3.23. The lowest BCUT2D eigenvalue weighted by Gasteiger charge is -2.26. The molecule has 0 aliphatic heterocycles. The lowest BCUT2D eigenvalue weighted by atomic mass is 10.0. The molecule has 208 valence electrons. The normalized spacial score (nSPS) is 14.3. The predicted molar refractivity (Wildman–Crippen MR) is 142 cm³/mol. The van der Waals surface area contributed by atoms with Crippen molar-refractivity contribution >= 4 is 41.4 Å². The number of carboxylic acids is 1.